The van der Waals surface area contributed by atoms with Crippen LogP contribution in [0.15, 0.2) is 76.9 Å². The molecule has 1 N–H and O–H groups in total. The number of carbonyl (C=O) groups is 1. The van der Waals surface area contributed by atoms with Crippen molar-refractivity contribution in [3.63, 3.8) is 0 Å². The van der Waals surface area contributed by atoms with Crippen LogP contribution >= 0.6 is 0 Å². The Hall–Kier alpha value is -2.19. The van der Waals surface area contributed by atoms with E-state index in [9.17, 15) is 9.90 Å². The first-order chi connectivity index (χ1) is 14.4. The summed E-state index contributed by atoms with van der Waals surface area (Å²) in [4.78, 5) is 13.3. The topological polar surface area (TPSA) is 37.3 Å². The van der Waals surface area contributed by atoms with Gasteiger partial charge in [-0.15, -0.1) is 0 Å². The van der Waals surface area contributed by atoms with Crippen LogP contribution in [0.2, 0.25) is 0 Å². The maximum absolute atomic E-state index is 13.3. The van der Waals surface area contributed by atoms with Crippen molar-refractivity contribution in [2.24, 2.45) is 11.3 Å². The number of benzene rings is 1. The van der Waals surface area contributed by atoms with E-state index in [4.69, 9.17) is 0 Å². The second-order valence-corrected chi connectivity index (χ2v) is 9.60. The summed E-state index contributed by atoms with van der Waals surface area (Å²) in [6, 6.07) is 10.4. The third-order valence-electron chi connectivity index (χ3n) is 7.60. The third kappa shape index (κ3) is 3.90. The third-order valence-corrected chi connectivity index (χ3v) is 7.60. The lowest BCUT2D eigenvalue weighted by Gasteiger charge is -2.48. The summed E-state index contributed by atoms with van der Waals surface area (Å²) in [5.41, 5.74) is 6.37. The van der Waals surface area contributed by atoms with Gasteiger partial charge in [-0.2, -0.15) is 0 Å². The minimum Gasteiger partial charge on any atom is -0.392 e. The highest BCUT2D eigenvalue weighted by molar-refractivity contribution is 6.10. The van der Waals surface area contributed by atoms with Crippen LogP contribution in [0.4, 0.5) is 0 Å². The Balaban J connectivity index is 1.71. The van der Waals surface area contributed by atoms with Crippen molar-refractivity contribution in [1.82, 2.24) is 0 Å². The average Bonchev–Trinajstić information content (AvgIpc) is 2.74. The van der Waals surface area contributed by atoms with Crippen LogP contribution in [0.1, 0.15) is 64.4 Å². The highest BCUT2D eigenvalue weighted by atomic mass is 16.3. The lowest BCUT2D eigenvalue weighted by molar-refractivity contribution is -0.113. The molecule has 2 heteroatoms. The molecular formula is C28H34O2. The average molecular weight is 403 g/mol. The maximum atomic E-state index is 13.3. The number of ketones is 1. The molecule has 30 heavy (non-hydrogen) atoms. The summed E-state index contributed by atoms with van der Waals surface area (Å²) < 4.78 is 0. The predicted molar refractivity (Wildman–Crippen MR) is 123 cm³/mol. The molecule has 1 saturated carbocycles. The van der Waals surface area contributed by atoms with Crippen molar-refractivity contribution in [3.8, 4) is 0 Å². The second kappa shape index (κ2) is 8.51. The molecule has 0 saturated heterocycles. The molecule has 0 aliphatic heterocycles. The monoisotopic (exact) mass is 402 g/mol. The largest absolute Gasteiger partial charge is 0.392 e. The van der Waals surface area contributed by atoms with E-state index in [-0.39, 0.29) is 11.2 Å². The molecule has 4 rings (SSSR count). The molecule has 1 aromatic rings. The molecule has 0 spiro atoms. The van der Waals surface area contributed by atoms with Crippen molar-refractivity contribution < 1.29 is 9.90 Å². The SMILES string of the molecule is C=C(C)[C@@H]1CC=C(/C=C2\C[C@@]3(Cc4ccccc4)C(=C(C)C2=O)CCC[C@@H]3O)CC1. The molecule has 3 atom stereocenters. The van der Waals surface area contributed by atoms with E-state index in [1.807, 2.05) is 13.0 Å². The lowest BCUT2D eigenvalue weighted by atomic mass is 9.57. The summed E-state index contributed by atoms with van der Waals surface area (Å²) in [6.45, 7) is 8.20. The molecule has 1 aromatic carbocycles. The standard InChI is InChI=1S/C28H34O2/c1-19(2)23-14-12-21(13-15-23)16-24-18-28(17-22-8-5-4-6-9-22)25(20(3)27(24)30)10-7-11-26(28)29/h4-6,8-9,12,16,23,26,29H,1,7,10-11,13-15,17-18H2,2-3H3/b24-16+/t23-,26+,28+/m1/s1. The molecule has 2 nitrogen and oxygen atoms in total. The van der Waals surface area contributed by atoms with Gasteiger partial charge < -0.3 is 5.11 Å². The van der Waals surface area contributed by atoms with Gasteiger partial charge >= 0.3 is 0 Å². The van der Waals surface area contributed by atoms with Crippen LogP contribution < -0.4 is 0 Å². The van der Waals surface area contributed by atoms with Crippen molar-refractivity contribution in [1.29, 1.82) is 0 Å². The second-order valence-electron chi connectivity index (χ2n) is 9.60. The van der Waals surface area contributed by atoms with E-state index < -0.39 is 6.10 Å². The first-order valence-electron chi connectivity index (χ1n) is 11.4. The van der Waals surface area contributed by atoms with Crippen LogP contribution in [-0.4, -0.2) is 17.0 Å². The number of Topliss-reactive ketones (excluding diaryl/α,β-unsaturated/α-hetero) is 1. The van der Waals surface area contributed by atoms with E-state index in [2.05, 4.69) is 49.9 Å². The van der Waals surface area contributed by atoms with E-state index >= 15 is 0 Å². The fourth-order valence-corrected chi connectivity index (χ4v) is 5.80. The van der Waals surface area contributed by atoms with Crippen molar-refractivity contribution in [3.05, 3.63) is 82.5 Å². The van der Waals surface area contributed by atoms with E-state index in [0.29, 0.717) is 12.3 Å². The van der Waals surface area contributed by atoms with Crippen molar-refractivity contribution in [2.45, 2.75) is 71.3 Å². The molecule has 0 heterocycles. The number of aliphatic hydroxyl groups excluding tert-OH is 1. The van der Waals surface area contributed by atoms with Crippen molar-refractivity contribution >= 4 is 5.78 Å². The van der Waals surface area contributed by atoms with Gasteiger partial charge in [-0.3, -0.25) is 4.79 Å². The maximum Gasteiger partial charge on any atom is 0.184 e. The highest BCUT2D eigenvalue weighted by Gasteiger charge is 2.48. The normalized spacial score (nSPS) is 30.8. The van der Waals surface area contributed by atoms with Gasteiger partial charge in [0.2, 0.25) is 0 Å². The minimum atomic E-state index is -0.402. The van der Waals surface area contributed by atoms with E-state index in [0.717, 1.165) is 56.1 Å². The van der Waals surface area contributed by atoms with Crippen LogP contribution in [0.3, 0.4) is 0 Å². The molecule has 0 unspecified atom stereocenters. The molecule has 3 aliphatic carbocycles. The number of hydrogen-bond donors (Lipinski definition) is 1. The minimum absolute atomic E-state index is 0.186. The van der Waals surface area contributed by atoms with Crippen LogP contribution in [0.5, 0.6) is 0 Å². The van der Waals surface area contributed by atoms with Gasteiger partial charge in [-0.05, 0) is 82.3 Å². The molecule has 1 fully saturated rings. The Bertz CT molecular complexity index is 931. The Labute approximate surface area is 181 Å². The molecule has 0 aromatic heterocycles. The fourth-order valence-electron chi connectivity index (χ4n) is 5.80. The van der Waals surface area contributed by atoms with Gasteiger partial charge in [0.15, 0.2) is 5.78 Å². The quantitative estimate of drug-likeness (QED) is 0.475. The first-order valence-corrected chi connectivity index (χ1v) is 11.4. The van der Waals surface area contributed by atoms with Gasteiger partial charge in [-0.1, -0.05) is 65.8 Å². The smallest absolute Gasteiger partial charge is 0.184 e. The zero-order valence-electron chi connectivity index (χ0n) is 18.4. The fraction of sp³-hybridized carbons (Fsp3) is 0.464. The molecule has 0 radical (unpaired) electrons. The summed E-state index contributed by atoms with van der Waals surface area (Å²) in [7, 11) is 0. The number of fused-ring (bicyclic) bond motifs is 1. The Morgan fingerprint density at radius 1 is 1.23 bits per heavy atom. The zero-order valence-corrected chi connectivity index (χ0v) is 18.4. The summed E-state index contributed by atoms with van der Waals surface area (Å²) in [6.07, 6.45) is 11.3. The molecular weight excluding hydrogens is 368 g/mol. The zero-order chi connectivity index (χ0) is 21.3. The Morgan fingerprint density at radius 2 is 2.00 bits per heavy atom. The van der Waals surface area contributed by atoms with Crippen LogP contribution in [-0.2, 0) is 11.2 Å². The van der Waals surface area contributed by atoms with Gasteiger partial charge in [0.1, 0.15) is 0 Å². The summed E-state index contributed by atoms with van der Waals surface area (Å²) >= 11 is 0. The number of carbonyl (C=O) groups excluding carboxylic acids is 1. The van der Waals surface area contributed by atoms with Crippen LogP contribution in [0, 0.1) is 11.3 Å². The number of rotatable bonds is 4. The van der Waals surface area contributed by atoms with E-state index in [1.54, 1.807) is 0 Å². The van der Waals surface area contributed by atoms with Crippen molar-refractivity contribution in [2.75, 3.05) is 0 Å². The highest BCUT2D eigenvalue weighted by Crippen LogP contribution is 2.52. The number of aliphatic hydroxyl groups is 1. The molecule has 158 valence electrons. The van der Waals surface area contributed by atoms with Gasteiger partial charge in [0, 0.05) is 11.0 Å². The Kier molecular flexibility index (Phi) is 5.97. The number of hydrogen-bond acceptors (Lipinski definition) is 2. The summed E-state index contributed by atoms with van der Waals surface area (Å²) in [5.74, 6) is 0.748. The summed E-state index contributed by atoms with van der Waals surface area (Å²) in [5, 5.41) is 11.2. The van der Waals surface area contributed by atoms with E-state index in [1.165, 1.54) is 22.3 Å². The van der Waals surface area contributed by atoms with Crippen LogP contribution in [0.25, 0.3) is 0 Å². The molecule has 0 bridgehead atoms. The van der Waals surface area contributed by atoms with Gasteiger partial charge in [-0.25, -0.2) is 0 Å². The predicted octanol–water partition coefficient (Wildman–Crippen LogP) is 6.28. The lowest BCUT2D eigenvalue weighted by Crippen LogP contribution is -2.46. The molecule has 0 amide bonds. The number of allylic oxidation sites excluding steroid dienone is 6. The van der Waals surface area contributed by atoms with Gasteiger partial charge in [0.05, 0.1) is 6.10 Å². The van der Waals surface area contributed by atoms with Gasteiger partial charge in [0.25, 0.3) is 0 Å². The first kappa shape index (κ1) is 21.1. The molecule has 3 aliphatic rings. The Morgan fingerprint density at radius 3 is 2.67 bits per heavy atom.